The normalized spacial score (nSPS) is 26.2. The molecule has 1 heterocycles. The Balaban J connectivity index is 2.75. The van der Waals surface area contributed by atoms with Crippen molar-refractivity contribution in [3.8, 4) is 12.3 Å². The first-order valence-electron chi connectivity index (χ1n) is 4.87. The number of nitrogens with zero attached hydrogens (tertiary/aromatic N) is 1. The van der Waals surface area contributed by atoms with E-state index in [0.717, 1.165) is 4.90 Å². The summed E-state index contributed by atoms with van der Waals surface area (Å²) in [5.41, 5.74) is 5.51. The van der Waals surface area contributed by atoms with E-state index >= 15 is 0 Å². The molecule has 0 aromatic rings. The Morgan fingerprint density at radius 2 is 2.25 bits per heavy atom. The standard InChI is InChI=1S/C10H14N2O4/c1-2-3-7(11)9(14)12-5-6(13)4-8(12)10(15)16/h1,6-8,13H,3-5,11H2,(H,15,16)/t6?,7?,8-/m0/s1. The number of aliphatic hydroxyl groups excluding tert-OH is 1. The average Bonchev–Trinajstić information content (AvgIpc) is 2.59. The van der Waals surface area contributed by atoms with Crippen molar-refractivity contribution in [3.05, 3.63) is 0 Å². The van der Waals surface area contributed by atoms with Crippen LogP contribution in [-0.4, -0.2) is 51.7 Å². The molecule has 0 radical (unpaired) electrons. The molecule has 3 atom stereocenters. The summed E-state index contributed by atoms with van der Waals surface area (Å²) in [7, 11) is 0. The molecule has 0 spiro atoms. The summed E-state index contributed by atoms with van der Waals surface area (Å²) in [5.74, 6) is 0.578. The van der Waals surface area contributed by atoms with Crippen LogP contribution in [0.5, 0.6) is 0 Å². The van der Waals surface area contributed by atoms with Gasteiger partial charge in [-0.3, -0.25) is 4.79 Å². The number of β-amino-alcohol motifs (C(OH)–C–C–N with tert-alkyl or cyclic N) is 1. The third-order valence-electron chi connectivity index (χ3n) is 2.50. The second kappa shape index (κ2) is 4.96. The molecule has 0 bridgehead atoms. The highest BCUT2D eigenvalue weighted by molar-refractivity contribution is 5.87. The topological polar surface area (TPSA) is 104 Å². The molecule has 1 amide bonds. The van der Waals surface area contributed by atoms with Gasteiger partial charge in [-0.25, -0.2) is 4.79 Å². The van der Waals surface area contributed by atoms with Gasteiger partial charge in [0.25, 0.3) is 0 Å². The molecule has 6 nitrogen and oxygen atoms in total. The maximum atomic E-state index is 11.7. The quantitative estimate of drug-likeness (QED) is 0.502. The van der Waals surface area contributed by atoms with E-state index in [1.54, 1.807) is 0 Å². The molecule has 0 aliphatic carbocycles. The monoisotopic (exact) mass is 226 g/mol. The number of nitrogens with two attached hydrogens (primary N) is 1. The van der Waals surface area contributed by atoms with Crippen LogP contribution in [0.2, 0.25) is 0 Å². The lowest BCUT2D eigenvalue weighted by molar-refractivity contribution is -0.148. The van der Waals surface area contributed by atoms with Gasteiger partial charge in [-0.1, -0.05) is 0 Å². The Kier molecular flexibility index (Phi) is 3.88. The van der Waals surface area contributed by atoms with Crippen LogP contribution in [-0.2, 0) is 9.59 Å². The SMILES string of the molecule is C#CCC(N)C(=O)N1CC(O)C[C@H]1C(=O)O. The Labute approximate surface area is 93.0 Å². The first-order valence-corrected chi connectivity index (χ1v) is 4.87. The highest BCUT2D eigenvalue weighted by Gasteiger charge is 2.40. The van der Waals surface area contributed by atoms with Crippen LogP contribution >= 0.6 is 0 Å². The van der Waals surface area contributed by atoms with E-state index in [1.807, 2.05) is 0 Å². The van der Waals surface area contributed by atoms with Gasteiger partial charge in [0, 0.05) is 19.4 Å². The van der Waals surface area contributed by atoms with Crippen LogP contribution in [0.3, 0.4) is 0 Å². The second-order valence-electron chi connectivity index (χ2n) is 3.75. The molecule has 1 fully saturated rings. The zero-order valence-electron chi connectivity index (χ0n) is 8.67. The molecule has 4 N–H and O–H groups in total. The third-order valence-corrected chi connectivity index (χ3v) is 2.50. The van der Waals surface area contributed by atoms with Crippen molar-refractivity contribution < 1.29 is 19.8 Å². The van der Waals surface area contributed by atoms with E-state index in [9.17, 15) is 14.7 Å². The van der Waals surface area contributed by atoms with Crippen molar-refractivity contribution in [2.45, 2.75) is 31.0 Å². The minimum absolute atomic E-state index is 0.00588. The van der Waals surface area contributed by atoms with Gasteiger partial charge in [0.1, 0.15) is 6.04 Å². The Morgan fingerprint density at radius 3 is 2.75 bits per heavy atom. The predicted molar refractivity (Wildman–Crippen MR) is 55.2 cm³/mol. The number of likely N-dealkylation sites (tertiary alicyclic amines) is 1. The molecular weight excluding hydrogens is 212 g/mol. The second-order valence-corrected chi connectivity index (χ2v) is 3.75. The molecule has 16 heavy (non-hydrogen) atoms. The number of carboxylic acid groups (broad SMARTS) is 1. The van der Waals surface area contributed by atoms with E-state index in [1.165, 1.54) is 0 Å². The van der Waals surface area contributed by atoms with Gasteiger partial charge in [0.05, 0.1) is 12.1 Å². The number of hydrogen-bond acceptors (Lipinski definition) is 4. The van der Waals surface area contributed by atoms with Crippen molar-refractivity contribution in [1.29, 1.82) is 0 Å². The van der Waals surface area contributed by atoms with Gasteiger partial charge in [-0.05, 0) is 0 Å². The summed E-state index contributed by atoms with van der Waals surface area (Å²) in [6, 6.07) is -1.91. The van der Waals surface area contributed by atoms with Gasteiger partial charge >= 0.3 is 5.97 Å². The molecule has 2 unspecified atom stereocenters. The van der Waals surface area contributed by atoms with Crippen molar-refractivity contribution in [1.82, 2.24) is 4.90 Å². The molecular formula is C10H14N2O4. The van der Waals surface area contributed by atoms with Gasteiger partial charge in [0.15, 0.2) is 0 Å². The number of amides is 1. The average molecular weight is 226 g/mol. The van der Waals surface area contributed by atoms with Crippen LogP contribution in [0.1, 0.15) is 12.8 Å². The minimum Gasteiger partial charge on any atom is -0.480 e. The number of rotatable bonds is 3. The fraction of sp³-hybridized carbons (Fsp3) is 0.600. The van der Waals surface area contributed by atoms with Gasteiger partial charge in [0.2, 0.25) is 5.91 Å². The zero-order chi connectivity index (χ0) is 12.3. The Morgan fingerprint density at radius 1 is 1.62 bits per heavy atom. The smallest absolute Gasteiger partial charge is 0.326 e. The fourth-order valence-corrected chi connectivity index (χ4v) is 1.72. The van der Waals surface area contributed by atoms with Gasteiger partial charge in [-0.2, -0.15) is 0 Å². The van der Waals surface area contributed by atoms with Crippen molar-refractivity contribution in [2.75, 3.05) is 6.54 Å². The van der Waals surface area contributed by atoms with Crippen LogP contribution in [0.4, 0.5) is 0 Å². The third kappa shape index (κ3) is 2.51. The number of terminal acetylenes is 1. The van der Waals surface area contributed by atoms with Crippen molar-refractivity contribution >= 4 is 11.9 Å². The molecule has 1 saturated heterocycles. The van der Waals surface area contributed by atoms with E-state index in [-0.39, 0.29) is 19.4 Å². The number of aliphatic hydroxyl groups is 1. The summed E-state index contributed by atoms with van der Waals surface area (Å²) in [4.78, 5) is 23.7. The Hall–Kier alpha value is -1.58. The maximum Gasteiger partial charge on any atom is 0.326 e. The van der Waals surface area contributed by atoms with Crippen LogP contribution in [0.25, 0.3) is 0 Å². The van der Waals surface area contributed by atoms with Gasteiger partial charge < -0.3 is 20.8 Å². The van der Waals surface area contributed by atoms with E-state index in [2.05, 4.69) is 5.92 Å². The molecule has 1 rings (SSSR count). The van der Waals surface area contributed by atoms with E-state index < -0.39 is 30.1 Å². The first kappa shape index (κ1) is 12.5. The number of carbonyl (C=O) groups is 2. The van der Waals surface area contributed by atoms with E-state index in [0.29, 0.717) is 0 Å². The summed E-state index contributed by atoms with van der Waals surface area (Å²) in [6.07, 6.45) is 4.29. The van der Waals surface area contributed by atoms with Crippen LogP contribution in [0.15, 0.2) is 0 Å². The molecule has 0 aromatic carbocycles. The number of carboxylic acids is 1. The van der Waals surface area contributed by atoms with E-state index in [4.69, 9.17) is 17.3 Å². The van der Waals surface area contributed by atoms with Crippen molar-refractivity contribution in [3.63, 3.8) is 0 Å². The lowest BCUT2D eigenvalue weighted by atomic mass is 10.1. The molecule has 1 aliphatic heterocycles. The summed E-state index contributed by atoms with van der Waals surface area (Å²) in [6.45, 7) is -0.00588. The predicted octanol–water partition coefficient (Wildman–Crippen LogP) is -1.62. The van der Waals surface area contributed by atoms with Crippen LogP contribution < -0.4 is 5.73 Å². The number of hydrogen-bond donors (Lipinski definition) is 3. The maximum absolute atomic E-state index is 11.7. The fourth-order valence-electron chi connectivity index (χ4n) is 1.72. The number of aliphatic carboxylic acids is 1. The first-order chi connectivity index (χ1) is 7.47. The summed E-state index contributed by atoms with van der Waals surface area (Å²) < 4.78 is 0. The highest BCUT2D eigenvalue weighted by Crippen LogP contribution is 2.19. The molecule has 88 valence electrons. The lowest BCUT2D eigenvalue weighted by Gasteiger charge is -2.23. The molecule has 6 heteroatoms. The zero-order valence-corrected chi connectivity index (χ0v) is 8.67. The summed E-state index contributed by atoms with van der Waals surface area (Å²) >= 11 is 0. The lowest BCUT2D eigenvalue weighted by Crippen LogP contribution is -2.48. The number of carbonyl (C=O) groups excluding carboxylic acids is 1. The van der Waals surface area contributed by atoms with Crippen molar-refractivity contribution in [2.24, 2.45) is 5.73 Å². The van der Waals surface area contributed by atoms with Gasteiger partial charge in [-0.15, -0.1) is 12.3 Å². The minimum atomic E-state index is -1.14. The summed E-state index contributed by atoms with van der Waals surface area (Å²) in [5, 5.41) is 18.2. The molecule has 0 saturated carbocycles. The molecule has 1 aliphatic rings. The Bertz CT molecular complexity index is 336. The highest BCUT2D eigenvalue weighted by atomic mass is 16.4. The van der Waals surface area contributed by atoms with Crippen LogP contribution in [0, 0.1) is 12.3 Å². The molecule has 0 aromatic heterocycles. The largest absolute Gasteiger partial charge is 0.480 e.